The van der Waals surface area contributed by atoms with E-state index in [4.69, 9.17) is 0 Å². The number of carboxylic acid groups (broad SMARTS) is 1. The molecule has 114 valence electrons. The van der Waals surface area contributed by atoms with E-state index in [-0.39, 0.29) is 5.69 Å². The van der Waals surface area contributed by atoms with Crippen molar-refractivity contribution in [1.82, 2.24) is 4.98 Å². The molecule has 0 amide bonds. The van der Waals surface area contributed by atoms with Gasteiger partial charge in [-0.3, -0.25) is 14.9 Å². The zero-order chi connectivity index (χ0) is 15.6. The van der Waals surface area contributed by atoms with Gasteiger partial charge in [-0.2, -0.15) is 0 Å². The van der Waals surface area contributed by atoms with Gasteiger partial charge in [-0.15, -0.1) is 0 Å². The van der Waals surface area contributed by atoms with Crippen molar-refractivity contribution in [3.05, 3.63) is 27.9 Å². The molecule has 1 fully saturated rings. The van der Waals surface area contributed by atoms with Gasteiger partial charge in [0.25, 0.3) is 5.69 Å². The van der Waals surface area contributed by atoms with Crippen LogP contribution in [0.5, 0.6) is 0 Å². The van der Waals surface area contributed by atoms with Crippen LogP contribution in [-0.4, -0.2) is 34.1 Å². The molecule has 0 atom stereocenters. The number of hydrogen-bond acceptors (Lipinski definition) is 5. The number of carboxylic acids is 1. The minimum Gasteiger partial charge on any atom is -0.481 e. The number of anilines is 1. The minimum atomic E-state index is -0.738. The Labute approximate surface area is 122 Å². The van der Waals surface area contributed by atoms with Crippen molar-refractivity contribution in [2.45, 2.75) is 33.1 Å². The summed E-state index contributed by atoms with van der Waals surface area (Å²) in [4.78, 5) is 27.9. The van der Waals surface area contributed by atoms with Gasteiger partial charge in [0, 0.05) is 19.2 Å². The summed E-state index contributed by atoms with van der Waals surface area (Å²) in [6.07, 6.45) is 3.00. The zero-order valence-corrected chi connectivity index (χ0v) is 12.2. The molecule has 1 N–H and O–H groups in total. The van der Waals surface area contributed by atoms with Crippen LogP contribution in [-0.2, 0) is 4.79 Å². The summed E-state index contributed by atoms with van der Waals surface area (Å²) < 4.78 is 0. The maximum Gasteiger partial charge on any atom is 0.309 e. The fourth-order valence-electron chi connectivity index (χ4n) is 2.85. The van der Waals surface area contributed by atoms with Gasteiger partial charge >= 0.3 is 5.97 Å². The Morgan fingerprint density at radius 3 is 2.57 bits per heavy atom. The van der Waals surface area contributed by atoms with E-state index in [2.05, 4.69) is 4.98 Å². The van der Waals surface area contributed by atoms with Crippen LogP contribution >= 0.6 is 0 Å². The van der Waals surface area contributed by atoms with Crippen molar-refractivity contribution >= 4 is 17.5 Å². The highest BCUT2D eigenvalue weighted by molar-refractivity contribution is 5.75. The summed E-state index contributed by atoms with van der Waals surface area (Å²) in [7, 11) is 0. The summed E-state index contributed by atoms with van der Waals surface area (Å²) in [5.74, 6) is -0.0336. The number of pyridine rings is 1. The summed E-state index contributed by atoms with van der Waals surface area (Å²) >= 11 is 0. The third-order valence-corrected chi connectivity index (χ3v) is 4.40. The van der Waals surface area contributed by atoms with E-state index in [1.807, 2.05) is 11.8 Å². The van der Waals surface area contributed by atoms with Crippen LogP contribution in [0, 0.1) is 22.5 Å². The average molecular weight is 293 g/mol. The highest BCUT2D eigenvalue weighted by Crippen LogP contribution is 2.37. The topological polar surface area (TPSA) is 96.6 Å². The molecule has 0 saturated carbocycles. The molecule has 1 aromatic heterocycles. The van der Waals surface area contributed by atoms with E-state index in [9.17, 15) is 20.0 Å². The van der Waals surface area contributed by atoms with Gasteiger partial charge in [0.1, 0.15) is 12.0 Å². The smallest absolute Gasteiger partial charge is 0.309 e. The molecule has 0 spiro atoms. The van der Waals surface area contributed by atoms with E-state index in [1.54, 1.807) is 6.92 Å². The number of nitro groups is 1. The van der Waals surface area contributed by atoms with Gasteiger partial charge in [-0.1, -0.05) is 6.92 Å². The Kier molecular flexibility index (Phi) is 4.11. The fourth-order valence-corrected chi connectivity index (χ4v) is 2.85. The standard InChI is InChI=1S/C14H19N3O4/c1-3-14(13(18)19)4-6-16(7-5-14)12-10(2)8-11(9-15-12)17(20)21/h8-9H,3-7H2,1-2H3,(H,18,19). The number of piperidine rings is 1. The lowest BCUT2D eigenvalue weighted by Crippen LogP contribution is -2.44. The molecule has 21 heavy (non-hydrogen) atoms. The summed E-state index contributed by atoms with van der Waals surface area (Å²) in [6, 6.07) is 1.50. The zero-order valence-electron chi connectivity index (χ0n) is 12.2. The van der Waals surface area contributed by atoms with Crippen molar-refractivity contribution in [3.8, 4) is 0 Å². The molecule has 7 nitrogen and oxygen atoms in total. The highest BCUT2D eigenvalue weighted by Gasteiger charge is 2.40. The second kappa shape index (κ2) is 5.67. The molecule has 0 radical (unpaired) electrons. The summed E-state index contributed by atoms with van der Waals surface area (Å²) in [6.45, 7) is 4.89. The lowest BCUT2D eigenvalue weighted by molar-refractivity contribution is -0.385. The predicted molar refractivity (Wildman–Crippen MR) is 77.4 cm³/mol. The van der Waals surface area contributed by atoms with Crippen molar-refractivity contribution < 1.29 is 14.8 Å². The average Bonchev–Trinajstić information content (AvgIpc) is 2.47. The molecule has 0 unspecified atom stereocenters. The number of nitrogens with zero attached hydrogens (tertiary/aromatic N) is 3. The van der Waals surface area contributed by atoms with E-state index >= 15 is 0 Å². The van der Waals surface area contributed by atoms with Crippen LogP contribution < -0.4 is 4.90 Å². The van der Waals surface area contributed by atoms with Gasteiger partial charge in [0.2, 0.25) is 0 Å². The molecule has 0 aliphatic carbocycles. The third kappa shape index (κ3) is 2.81. The quantitative estimate of drug-likeness (QED) is 0.676. The van der Waals surface area contributed by atoms with Crippen LogP contribution in [0.4, 0.5) is 11.5 Å². The molecule has 7 heteroatoms. The first-order valence-corrected chi connectivity index (χ1v) is 6.99. The molecule has 2 rings (SSSR count). The second-order valence-corrected chi connectivity index (χ2v) is 5.52. The lowest BCUT2D eigenvalue weighted by Gasteiger charge is -2.39. The van der Waals surface area contributed by atoms with Crippen LogP contribution in [0.25, 0.3) is 0 Å². The Hall–Kier alpha value is -2.18. The van der Waals surface area contributed by atoms with Gasteiger partial charge in [0.05, 0.1) is 10.3 Å². The Bertz CT molecular complexity index is 565. The molecular formula is C14H19N3O4. The maximum absolute atomic E-state index is 11.4. The van der Waals surface area contributed by atoms with Crippen molar-refractivity contribution in [1.29, 1.82) is 0 Å². The van der Waals surface area contributed by atoms with Crippen molar-refractivity contribution in [3.63, 3.8) is 0 Å². The first kappa shape index (κ1) is 15.2. The van der Waals surface area contributed by atoms with E-state index in [0.29, 0.717) is 38.2 Å². The third-order valence-electron chi connectivity index (χ3n) is 4.40. The van der Waals surface area contributed by atoms with Crippen LogP contribution in [0.2, 0.25) is 0 Å². The van der Waals surface area contributed by atoms with E-state index in [1.165, 1.54) is 12.3 Å². The summed E-state index contributed by atoms with van der Waals surface area (Å²) in [5, 5.41) is 20.1. The SMILES string of the molecule is CCC1(C(=O)O)CCN(c2ncc([N+](=O)[O-])cc2C)CC1. The van der Waals surface area contributed by atoms with E-state index < -0.39 is 16.3 Å². The lowest BCUT2D eigenvalue weighted by atomic mass is 9.76. The maximum atomic E-state index is 11.4. The molecule has 1 saturated heterocycles. The van der Waals surface area contributed by atoms with Gasteiger partial charge in [-0.25, -0.2) is 4.98 Å². The van der Waals surface area contributed by atoms with Crippen LogP contribution in [0.15, 0.2) is 12.3 Å². The molecule has 1 aliphatic rings. The summed E-state index contributed by atoms with van der Waals surface area (Å²) in [5.41, 5.74) is 0.0655. The fraction of sp³-hybridized carbons (Fsp3) is 0.571. The molecule has 1 aromatic rings. The van der Waals surface area contributed by atoms with Crippen LogP contribution in [0.1, 0.15) is 31.7 Å². The number of rotatable bonds is 4. The second-order valence-electron chi connectivity index (χ2n) is 5.52. The molecule has 1 aliphatic heterocycles. The predicted octanol–water partition coefficient (Wildman–Crippen LogP) is 2.38. The first-order chi connectivity index (χ1) is 9.89. The van der Waals surface area contributed by atoms with Gasteiger partial charge in [0.15, 0.2) is 0 Å². The number of aromatic nitrogens is 1. The molecule has 2 heterocycles. The number of aryl methyl sites for hydroxylation is 1. The largest absolute Gasteiger partial charge is 0.481 e. The minimum absolute atomic E-state index is 0.0262. The molecule has 0 aromatic carbocycles. The van der Waals surface area contributed by atoms with E-state index in [0.717, 1.165) is 5.56 Å². The number of carbonyl (C=O) groups is 1. The highest BCUT2D eigenvalue weighted by atomic mass is 16.6. The van der Waals surface area contributed by atoms with Crippen molar-refractivity contribution in [2.75, 3.05) is 18.0 Å². The van der Waals surface area contributed by atoms with Gasteiger partial charge in [-0.05, 0) is 31.7 Å². The Balaban J connectivity index is 2.16. The van der Waals surface area contributed by atoms with Crippen molar-refractivity contribution in [2.24, 2.45) is 5.41 Å². The van der Waals surface area contributed by atoms with Crippen LogP contribution in [0.3, 0.4) is 0 Å². The number of hydrogen-bond donors (Lipinski definition) is 1. The first-order valence-electron chi connectivity index (χ1n) is 6.99. The normalized spacial score (nSPS) is 17.5. The molecular weight excluding hydrogens is 274 g/mol. The molecule has 0 bridgehead atoms. The number of aliphatic carboxylic acids is 1. The Morgan fingerprint density at radius 1 is 1.52 bits per heavy atom. The monoisotopic (exact) mass is 293 g/mol. The van der Waals surface area contributed by atoms with Gasteiger partial charge < -0.3 is 10.0 Å². The Morgan fingerprint density at radius 2 is 2.14 bits per heavy atom.